The van der Waals surface area contributed by atoms with E-state index in [2.05, 4.69) is 13.8 Å². The summed E-state index contributed by atoms with van der Waals surface area (Å²) in [6.45, 7) is 4.68. The predicted octanol–water partition coefficient (Wildman–Crippen LogP) is 5.78. The second-order valence-corrected chi connectivity index (χ2v) is 6.20. The molecule has 1 aliphatic rings. The normalized spacial score (nSPS) is 19.7. The molecule has 1 fully saturated rings. The Morgan fingerprint density at radius 2 is 1.56 bits per heavy atom. The number of hydrogen-bond donors (Lipinski definition) is 0. The van der Waals surface area contributed by atoms with E-state index in [0.29, 0.717) is 5.41 Å². The third-order valence-electron chi connectivity index (χ3n) is 4.22. The molecule has 0 spiro atoms. The van der Waals surface area contributed by atoms with Crippen molar-refractivity contribution in [1.82, 2.24) is 0 Å². The fourth-order valence-corrected chi connectivity index (χ4v) is 3.00. The molecule has 1 unspecified atom stereocenters. The highest BCUT2D eigenvalue weighted by Gasteiger charge is 2.39. The maximum absolute atomic E-state index is 6.13. The van der Waals surface area contributed by atoms with Crippen molar-refractivity contribution in [3.63, 3.8) is 0 Å². The second-order valence-electron chi connectivity index (χ2n) is 5.93. The molecule has 0 aromatic carbocycles. The van der Waals surface area contributed by atoms with E-state index >= 15 is 0 Å². The van der Waals surface area contributed by atoms with Crippen LogP contribution in [0.15, 0.2) is 0 Å². The summed E-state index contributed by atoms with van der Waals surface area (Å²) in [5.41, 5.74) is 0.463. The summed E-state index contributed by atoms with van der Waals surface area (Å²) >= 11 is 6.13. The van der Waals surface area contributed by atoms with Crippen molar-refractivity contribution in [2.75, 3.05) is 5.88 Å². The van der Waals surface area contributed by atoms with E-state index in [-0.39, 0.29) is 0 Å². The highest BCUT2D eigenvalue weighted by molar-refractivity contribution is 6.18. The summed E-state index contributed by atoms with van der Waals surface area (Å²) in [6, 6.07) is 0. The first kappa shape index (κ1) is 14.4. The van der Waals surface area contributed by atoms with Crippen LogP contribution in [0.2, 0.25) is 0 Å². The lowest BCUT2D eigenvalue weighted by Crippen LogP contribution is -2.21. The minimum atomic E-state index is 0.463. The van der Waals surface area contributed by atoms with Crippen LogP contribution >= 0.6 is 11.6 Å². The molecule has 1 heteroatoms. The standard InChI is InChI=1S/C15H29Cl/c1-3-4-5-6-7-8-9-12-15(2,13-16)14-10-11-14/h14H,3-13H2,1-2H3. The van der Waals surface area contributed by atoms with Crippen molar-refractivity contribution in [2.24, 2.45) is 11.3 Å². The van der Waals surface area contributed by atoms with Gasteiger partial charge in [-0.25, -0.2) is 0 Å². The van der Waals surface area contributed by atoms with Gasteiger partial charge in [0.1, 0.15) is 0 Å². The molecule has 0 aromatic rings. The van der Waals surface area contributed by atoms with Gasteiger partial charge in [0, 0.05) is 5.88 Å². The van der Waals surface area contributed by atoms with Gasteiger partial charge in [0.05, 0.1) is 0 Å². The molecular formula is C15H29Cl. The summed E-state index contributed by atoms with van der Waals surface area (Å²) in [6.07, 6.45) is 14.1. The van der Waals surface area contributed by atoms with Gasteiger partial charge in [-0.2, -0.15) is 0 Å². The van der Waals surface area contributed by atoms with Gasteiger partial charge in [-0.05, 0) is 30.6 Å². The van der Waals surface area contributed by atoms with Crippen LogP contribution in [0.1, 0.15) is 78.1 Å². The molecule has 0 heterocycles. The summed E-state index contributed by atoms with van der Waals surface area (Å²) in [5.74, 6) is 1.82. The molecule has 0 bridgehead atoms. The van der Waals surface area contributed by atoms with Gasteiger partial charge in [0.25, 0.3) is 0 Å². The van der Waals surface area contributed by atoms with Crippen molar-refractivity contribution >= 4 is 11.6 Å². The fraction of sp³-hybridized carbons (Fsp3) is 1.00. The highest BCUT2D eigenvalue weighted by atomic mass is 35.5. The first-order valence-electron chi connectivity index (χ1n) is 7.29. The Morgan fingerprint density at radius 1 is 1.00 bits per heavy atom. The molecule has 1 aliphatic carbocycles. The molecule has 0 aromatic heterocycles. The maximum Gasteiger partial charge on any atom is 0.0280 e. The Labute approximate surface area is 107 Å². The van der Waals surface area contributed by atoms with Crippen LogP contribution in [0.4, 0.5) is 0 Å². The zero-order valence-corrected chi connectivity index (χ0v) is 12.0. The van der Waals surface area contributed by atoms with Crippen molar-refractivity contribution in [3.05, 3.63) is 0 Å². The van der Waals surface area contributed by atoms with E-state index < -0.39 is 0 Å². The van der Waals surface area contributed by atoms with Gasteiger partial charge in [0.15, 0.2) is 0 Å². The lowest BCUT2D eigenvalue weighted by molar-refractivity contribution is 0.277. The molecule has 0 N–H and O–H groups in total. The lowest BCUT2D eigenvalue weighted by atomic mass is 9.81. The smallest absolute Gasteiger partial charge is 0.0280 e. The number of alkyl halides is 1. The molecule has 1 saturated carbocycles. The van der Waals surface area contributed by atoms with E-state index in [1.807, 2.05) is 0 Å². The minimum absolute atomic E-state index is 0.463. The summed E-state index contributed by atoms with van der Waals surface area (Å²) < 4.78 is 0. The third-order valence-corrected chi connectivity index (χ3v) is 4.83. The van der Waals surface area contributed by atoms with Gasteiger partial charge in [-0.15, -0.1) is 11.6 Å². The molecule has 96 valence electrons. The lowest BCUT2D eigenvalue weighted by Gasteiger charge is -2.27. The Morgan fingerprint density at radius 3 is 2.06 bits per heavy atom. The number of rotatable bonds is 10. The number of unbranched alkanes of at least 4 members (excludes halogenated alkanes) is 6. The number of hydrogen-bond acceptors (Lipinski definition) is 0. The first-order chi connectivity index (χ1) is 7.73. The van der Waals surface area contributed by atoms with Gasteiger partial charge in [-0.1, -0.05) is 58.8 Å². The fourth-order valence-electron chi connectivity index (χ4n) is 2.65. The van der Waals surface area contributed by atoms with Crippen molar-refractivity contribution in [2.45, 2.75) is 78.1 Å². The van der Waals surface area contributed by atoms with Gasteiger partial charge < -0.3 is 0 Å². The van der Waals surface area contributed by atoms with Crippen LogP contribution in [0.25, 0.3) is 0 Å². The predicted molar refractivity (Wildman–Crippen MR) is 74.2 cm³/mol. The summed E-state index contributed by atoms with van der Waals surface area (Å²) in [7, 11) is 0. The van der Waals surface area contributed by atoms with Gasteiger partial charge in [-0.3, -0.25) is 0 Å². The van der Waals surface area contributed by atoms with Crippen LogP contribution in [0, 0.1) is 11.3 Å². The quantitative estimate of drug-likeness (QED) is 0.337. The SMILES string of the molecule is CCCCCCCCCC(C)(CCl)C1CC1. The van der Waals surface area contributed by atoms with Crippen LogP contribution < -0.4 is 0 Å². The monoisotopic (exact) mass is 244 g/mol. The molecule has 1 rings (SSSR count). The summed E-state index contributed by atoms with van der Waals surface area (Å²) in [5, 5.41) is 0. The maximum atomic E-state index is 6.13. The number of halogens is 1. The molecule has 0 aliphatic heterocycles. The molecular weight excluding hydrogens is 216 g/mol. The Kier molecular flexibility index (Phi) is 6.80. The largest absolute Gasteiger partial charge is 0.126 e. The van der Waals surface area contributed by atoms with Crippen LogP contribution in [0.5, 0.6) is 0 Å². The van der Waals surface area contributed by atoms with Crippen molar-refractivity contribution < 1.29 is 0 Å². The van der Waals surface area contributed by atoms with Crippen LogP contribution in [-0.2, 0) is 0 Å². The van der Waals surface area contributed by atoms with E-state index in [0.717, 1.165) is 11.8 Å². The van der Waals surface area contributed by atoms with Crippen LogP contribution in [0.3, 0.4) is 0 Å². The van der Waals surface area contributed by atoms with Gasteiger partial charge >= 0.3 is 0 Å². The molecule has 1 atom stereocenters. The van der Waals surface area contributed by atoms with Crippen LogP contribution in [-0.4, -0.2) is 5.88 Å². The van der Waals surface area contributed by atoms with Crippen molar-refractivity contribution in [1.29, 1.82) is 0 Å². The molecule has 0 saturated heterocycles. The minimum Gasteiger partial charge on any atom is -0.126 e. The summed E-state index contributed by atoms with van der Waals surface area (Å²) in [4.78, 5) is 0. The topological polar surface area (TPSA) is 0 Å². The van der Waals surface area contributed by atoms with Gasteiger partial charge in [0.2, 0.25) is 0 Å². The highest BCUT2D eigenvalue weighted by Crippen LogP contribution is 2.49. The van der Waals surface area contributed by atoms with E-state index in [1.54, 1.807) is 0 Å². The Hall–Kier alpha value is 0.290. The second kappa shape index (κ2) is 7.58. The third kappa shape index (κ3) is 5.08. The molecule has 0 nitrogen and oxygen atoms in total. The zero-order valence-electron chi connectivity index (χ0n) is 11.2. The zero-order chi connectivity index (χ0) is 11.9. The van der Waals surface area contributed by atoms with E-state index in [9.17, 15) is 0 Å². The molecule has 0 amide bonds. The Bertz CT molecular complexity index is 174. The molecule has 0 radical (unpaired) electrons. The van der Waals surface area contributed by atoms with E-state index in [4.69, 9.17) is 11.6 Å². The van der Waals surface area contributed by atoms with E-state index in [1.165, 1.54) is 64.2 Å². The average Bonchev–Trinajstić information content (AvgIpc) is 3.12. The first-order valence-corrected chi connectivity index (χ1v) is 7.82. The molecule has 16 heavy (non-hydrogen) atoms. The average molecular weight is 245 g/mol. The Balaban J connectivity index is 1.97. The van der Waals surface area contributed by atoms with Crippen molar-refractivity contribution in [3.8, 4) is 0 Å².